The van der Waals surface area contributed by atoms with E-state index >= 15 is 0 Å². The van der Waals surface area contributed by atoms with Crippen LogP contribution in [-0.4, -0.2) is 34.8 Å². The van der Waals surface area contributed by atoms with Crippen LogP contribution in [0.4, 0.5) is 0 Å². The lowest BCUT2D eigenvalue weighted by Gasteiger charge is -2.10. The molecule has 1 amide bonds. The van der Waals surface area contributed by atoms with Crippen molar-refractivity contribution in [1.29, 1.82) is 0 Å². The number of quaternary nitrogens is 1. The van der Waals surface area contributed by atoms with Crippen molar-refractivity contribution in [2.45, 2.75) is 26.7 Å². The van der Waals surface area contributed by atoms with Crippen molar-refractivity contribution in [3.8, 4) is 0 Å². The Balaban J connectivity index is 2.13. The number of hydrogen-bond donors (Lipinski definition) is 1. The summed E-state index contributed by atoms with van der Waals surface area (Å²) in [7, 11) is 0. The van der Waals surface area contributed by atoms with Crippen LogP contribution < -0.4 is 4.90 Å². The molecule has 1 N–H and O–H groups in total. The maximum absolute atomic E-state index is 12.0. The second-order valence-corrected chi connectivity index (χ2v) is 6.13. The van der Waals surface area contributed by atoms with Crippen molar-refractivity contribution >= 4 is 34.2 Å². The number of likely N-dealkylation sites (N-methyl/N-ethyl adjacent to an activating group) is 1. The molecule has 2 aliphatic heterocycles. The van der Waals surface area contributed by atoms with Gasteiger partial charge in [-0.25, -0.2) is 0 Å². The molecular formula is C13H19N2OS2+. The first-order valence-corrected chi connectivity index (χ1v) is 7.69. The Labute approximate surface area is 118 Å². The topological polar surface area (TPSA) is 24.8 Å². The van der Waals surface area contributed by atoms with Gasteiger partial charge in [-0.2, -0.15) is 0 Å². The minimum absolute atomic E-state index is 0.0559. The predicted octanol–water partition coefficient (Wildman–Crippen LogP) is 1.33. The van der Waals surface area contributed by atoms with Crippen LogP contribution in [0.2, 0.25) is 0 Å². The monoisotopic (exact) mass is 283 g/mol. The first-order chi connectivity index (χ1) is 8.67. The number of hydrogen-bond acceptors (Lipinski definition) is 3. The van der Waals surface area contributed by atoms with Gasteiger partial charge in [0, 0.05) is 19.4 Å². The Morgan fingerprint density at radius 2 is 2.22 bits per heavy atom. The number of rotatable bonds is 3. The van der Waals surface area contributed by atoms with E-state index < -0.39 is 0 Å². The molecule has 5 heteroatoms. The van der Waals surface area contributed by atoms with Gasteiger partial charge in [0.05, 0.1) is 18.0 Å². The number of carbonyl (C=O) groups is 1. The number of thiocarbonyl (C=S) groups is 1. The number of carbonyl (C=O) groups excluding carboxylic acids is 1. The molecule has 18 heavy (non-hydrogen) atoms. The van der Waals surface area contributed by atoms with Crippen LogP contribution in [0.15, 0.2) is 22.8 Å². The van der Waals surface area contributed by atoms with Gasteiger partial charge in [0.15, 0.2) is 0 Å². The molecule has 0 aromatic heterocycles. The molecule has 0 saturated carbocycles. The van der Waals surface area contributed by atoms with E-state index in [1.165, 1.54) is 35.3 Å². The first kappa shape index (κ1) is 13.8. The molecule has 3 nitrogen and oxygen atoms in total. The minimum Gasteiger partial charge on any atom is -0.306 e. The molecule has 0 bridgehead atoms. The zero-order chi connectivity index (χ0) is 13.1. The molecule has 1 unspecified atom stereocenters. The van der Waals surface area contributed by atoms with E-state index in [2.05, 4.69) is 13.0 Å². The van der Waals surface area contributed by atoms with Crippen LogP contribution >= 0.6 is 24.0 Å². The predicted molar refractivity (Wildman–Crippen MR) is 79.3 cm³/mol. The van der Waals surface area contributed by atoms with Crippen LogP contribution in [0.5, 0.6) is 0 Å². The summed E-state index contributed by atoms with van der Waals surface area (Å²) in [6.07, 6.45) is 6.46. The number of likely N-dealkylation sites (tertiary alicyclic amines) is 1. The van der Waals surface area contributed by atoms with Gasteiger partial charge in [0.25, 0.3) is 5.91 Å². The average molecular weight is 283 g/mol. The van der Waals surface area contributed by atoms with E-state index in [9.17, 15) is 4.79 Å². The summed E-state index contributed by atoms with van der Waals surface area (Å²) in [4.78, 5) is 16.0. The van der Waals surface area contributed by atoms with Crippen molar-refractivity contribution in [2.75, 3.05) is 19.6 Å². The van der Waals surface area contributed by atoms with Crippen LogP contribution in [0, 0.1) is 0 Å². The maximum atomic E-state index is 12.0. The lowest BCUT2D eigenvalue weighted by atomic mass is 10.3. The molecule has 2 heterocycles. The third-order valence-electron chi connectivity index (χ3n) is 3.43. The third kappa shape index (κ3) is 2.68. The fourth-order valence-electron chi connectivity index (χ4n) is 2.40. The SMILES string of the molecule is CCN1C(=O)C(=CC=C2CCC[NH+]2CC)SC1=S. The van der Waals surface area contributed by atoms with Gasteiger partial charge < -0.3 is 4.90 Å². The summed E-state index contributed by atoms with van der Waals surface area (Å²) in [6, 6.07) is 0. The van der Waals surface area contributed by atoms with Gasteiger partial charge >= 0.3 is 0 Å². The second-order valence-electron chi connectivity index (χ2n) is 4.45. The van der Waals surface area contributed by atoms with Crippen LogP contribution in [0.1, 0.15) is 26.7 Å². The second kappa shape index (κ2) is 5.99. The molecule has 2 rings (SSSR count). The summed E-state index contributed by atoms with van der Waals surface area (Å²) in [5, 5.41) is 0. The summed E-state index contributed by atoms with van der Waals surface area (Å²) < 4.78 is 0.679. The molecule has 2 fully saturated rings. The Hall–Kier alpha value is -0.650. The zero-order valence-electron chi connectivity index (χ0n) is 10.9. The van der Waals surface area contributed by atoms with Crippen molar-refractivity contribution in [2.24, 2.45) is 0 Å². The van der Waals surface area contributed by atoms with E-state index in [1.807, 2.05) is 13.0 Å². The van der Waals surface area contributed by atoms with Crippen LogP contribution in [0.3, 0.4) is 0 Å². The lowest BCUT2D eigenvalue weighted by Crippen LogP contribution is -3.07. The highest BCUT2D eigenvalue weighted by Gasteiger charge is 2.30. The molecular weight excluding hydrogens is 264 g/mol. The van der Waals surface area contributed by atoms with Crippen molar-refractivity contribution < 1.29 is 9.69 Å². The number of amides is 1. The average Bonchev–Trinajstić information content (AvgIpc) is 2.91. The molecule has 98 valence electrons. The number of nitrogens with one attached hydrogen (secondary N) is 1. The third-order valence-corrected chi connectivity index (χ3v) is 4.83. The largest absolute Gasteiger partial charge is 0.306 e. The van der Waals surface area contributed by atoms with Crippen molar-refractivity contribution in [3.63, 3.8) is 0 Å². The molecule has 2 saturated heterocycles. The minimum atomic E-state index is 0.0559. The van der Waals surface area contributed by atoms with E-state index in [1.54, 1.807) is 4.90 Å². The molecule has 0 aromatic carbocycles. The fourth-order valence-corrected chi connectivity index (χ4v) is 3.72. The zero-order valence-corrected chi connectivity index (χ0v) is 12.5. The number of allylic oxidation sites excluding steroid dienone is 3. The first-order valence-electron chi connectivity index (χ1n) is 6.47. The molecule has 0 aromatic rings. The number of nitrogens with zero attached hydrogens (tertiary/aromatic N) is 1. The van der Waals surface area contributed by atoms with Gasteiger partial charge in [-0.3, -0.25) is 9.69 Å². The van der Waals surface area contributed by atoms with Crippen LogP contribution in [0.25, 0.3) is 0 Å². The van der Waals surface area contributed by atoms with Gasteiger partial charge in [-0.1, -0.05) is 24.0 Å². The Morgan fingerprint density at radius 1 is 1.44 bits per heavy atom. The lowest BCUT2D eigenvalue weighted by molar-refractivity contribution is -0.848. The smallest absolute Gasteiger partial charge is 0.266 e. The maximum Gasteiger partial charge on any atom is 0.266 e. The molecule has 0 spiro atoms. The Morgan fingerprint density at radius 3 is 2.83 bits per heavy atom. The Kier molecular flexibility index (Phi) is 4.59. The van der Waals surface area contributed by atoms with Gasteiger partial charge in [-0.05, 0) is 26.0 Å². The van der Waals surface area contributed by atoms with Crippen molar-refractivity contribution in [3.05, 3.63) is 22.8 Å². The molecule has 0 radical (unpaired) electrons. The van der Waals surface area contributed by atoms with E-state index in [0.29, 0.717) is 10.9 Å². The van der Waals surface area contributed by atoms with Crippen molar-refractivity contribution in [1.82, 2.24) is 4.90 Å². The molecule has 0 aliphatic carbocycles. The van der Waals surface area contributed by atoms with Gasteiger partial charge in [-0.15, -0.1) is 0 Å². The normalized spacial score (nSPS) is 29.0. The van der Waals surface area contributed by atoms with E-state index in [0.717, 1.165) is 17.9 Å². The molecule has 2 aliphatic rings. The Bertz CT molecular complexity index is 429. The summed E-state index contributed by atoms with van der Waals surface area (Å²) in [6.45, 7) is 7.14. The van der Waals surface area contributed by atoms with E-state index in [4.69, 9.17) is 12.2 Å². The highest BCUT2D eigenvalue weighted by Crippen LogP contribution is 2.30. The van der Waals surface area contributed by atoms with Gasteiger partial charge in [0.1, 0.15) is 10.0 Å². The highest BCUT2D eigenvalue weighted by molar-refractivity contribution is 8.26. The van der Waals surface area contributed by atoms with Gasteiger partial charge in [0.2, 0.25) is 0 Å². The fraction of sp³-hybridized carbons (Fsp3) is 0.538. The van der Waals surface area contributed by atoms with E-state index in [-0.39, 0.29) is 5.91 Å². The summed E-state index contributed by atoms with van der Waals surface area (Å²) in [5.74, 6) is 0.0559. The quantitative estimate of drug-likeness (QED) is 0.625. The van der Waals surface area contributed by atoms with Crippen LogP contribution in [-0.2, 0) is 4.79 Å². The highest BCUT2D eigenvalue weighted by atomic mass is 32.2. The molecule has 1 atom stereocenters. The summed E-state index contributed by atoms with van der Waals surface area (Å²) in [5.41, 5.74) is 1.42. The summed E-state index contributed by atoms with van der Waals surface area (Å²) >= 11 is 6.60. The number of thioether (sulfide) groups is 1. The standard InChI is InChI=1S/C13H18N2OS2/c1-3-14-9-5-6-10(14)7-8-11-12(16)15(4-2)13(17)18-11/h7-8H,3-6,9H2,1-2H3/p+1.